The zero-order chi connectivity index (χ0) is 30.0. The monoisotopic (exact) mass is 660 g/mol. The molecule has 1 saturated carbocycles. The fourth-order valence-corrected chi connectivity index (χ4v) is 31.5. The second kappa shape index (κ2) is 13.7. The lowest BCUT2D eigenvalue weighted by Crippen LogP contribution is -2.60. The van der Waals surface area contributed by atoms with Crippen molar-refractivity contribution in [2.24, 2.45) is 5.92 Å². The summed E-state index contributed by atoms with van der Waals surface area (Å²) < 4.78 is 41.2. The molecule has 0 aromatic heterocycles. The molecule has 2 aliphatic heterocycles. The van der Waals surface area contributed by atoms with Gasteiger partial charge in [0.1, 0.15) is 0 Å². The van der Waals surface area contributed by atoms with Crippen LogP contribution in [0.2, 0.25) is 50.9 Å². The van der Waals surface area contributed by atoms with E-state index in [-0.39, 0.29) is 0 Å². The lowest BCUT2D eigenvalue weighted by molar-refractivity contribution is 0.244. The topological polar surface area (TPSA) is 58.7 Å². The summed E-state index contributed by atoms with van der Waals surface area (Å²) >= 11 is 0. The number of hydrogen-bond donors (Lipinski definition) is 0. The zero-order valence-corrected chi connectivity index (χ0v) is 32.0. The second-order valence-corrected chi connectivity index (χ2v) is 28.6. The Morgan fingerprint density at radius 3 is 1.64 bits per heavy atom. The summed E-state index contributed by atoms with van der Waals surface area (Å²) in [6, 6.07) is 24.3. The molecular weight excluding hydrogens is 609 g/mol. The van der Waals surface area contributed by atoms with Gasteiger partial charge in [-0.15, -0.1) is 0 Å². The fourth-order valence-electron chi connectivity index (χ4n) is 7.41. The summed E-state index contributed by atoms with van der Waals surface area (Å²) in [6.07, 6.45) is 5.86. The number of rotatable bonds is 9. The first-order valence-electron chi connectivity index (χ1n) is 16.1. The van der Waals surface area contributed by atoms with Crippen molar-refractivity contribution >= 4 is 44.3 Å². The molecule has 6 nitrogen and oxygen atoms in total. The maximum absolute atomic E-state index is 7.31. The van der Waals surface area contributed by atoms with Gasteiger partial charge in [0.15, 0.2) is 0 Å². The van der Waals surface area contributed by atoms with Crippen LogP contribution < -0.4 is 0 Å². The van der Waals surface area contributed by atoms with Crippen molar-refractivity contribution in [2.45, 2.75) is 114 Å². The Balaban J connectivity index is 1.38. The molecule has 2 saturated heterocycles. The third kappa shape index (κ3) is 8.93. The van der Waals surface area contributed by atoms with E-state index < -0.39 is 44.3 Å². The smallest absolute Gasteiger partial charge is 0.317 e. The Hall–Kier alpha value is -0.716. The van der Waals surface area contributed by atoms with Crippen LogP contribution in [0.25, 0.3) is 0 Å². The Morgan fingerprint density at radius 1 is 0.690 bits per heavy atom. The Kier molecular flexibility index (Phi) is 10.7. The lowest BCUT2D eigenvalue weighted by atomic mass is 9.88. The molecule has 9 unspecified atom stereocenters. The molecule has 0 bridgehead atoms. The van der Waals surface area contributed by atoms with Gasteiger partial charge in [-0.2, -0.15) is 0 Å². The van der Waals surface area contributed by atoms with Gasteiger partial charge in [0.2, 0.25) is 0 Å². The van der Waals surface area contributed by atoms with Crippen molar-refractivity contribution in [3.05, 3.63) is 71.8 Å². The first-order chi connectivity index (χ1) is 19.9. The number of epoxide rings is 1. The highest BCUT2D eigenvalue weighted by Crippen LogP contribution is 2.42. The van der Waals surface area contributed by atoms with Crippen molar-refractivity contribution in [1.82, 2.24) is 0 Å². The summed E-state index contributed by atoms with van der Waals surface area (Å²) in [4.78, 5) is 0. The van der Waals surface area contributed by atoms with E-state index in [0.29, 0.717) is 30.0 Å². The summed E-state index contributed by atoms with van der Waals surface area (Å²) in [6.45, 7) is 15.8. The molecule has 0 radical (unpaired) electrons. The van der Waals surface area contributed by atoms with Gasteiger partial charge in [0.25, 0.3) is 0 Å². The Morgan fingerprint density at radius 2 is 1.17 bits per heavy atom. The van der Waals surface area contributed by atoms with Crippen molar-refractivity contribution in [3.63, 3.8) is 0 Å². The van der Waals surface area contributed by atoms with Crippen LogP contribution in [0.15, 0.2) is 60.7 Å². The highest BCUT2D eigenvalue weighted by molar-refractivity contribution is 6.88. The maximum atomic E-state index is 7.31. The van der Waals surface area contributed by atoms with E-state index in [4.69, 9.17) is 25.3 Å². The van der Waals surface area contributed by atoms with Crippen molar-refractivity contribution in [1.29, 1.82) is 0 Å². The van der Waals surface area contributed by atoms with Crippen molar-refractivity contribution in [3.8, 4) is 0 Å². The van der Waals surface area contributed by atoms with Gasteiger partial charge in [-0.25, -0.2) is 0 Å². The molecule has 2 aromatic rings. The highest BCUT2D eigenvalue weighted by Gasteiger charge is 2.50. The molecule has 9 atom stereocenters. The number of benzene rings is 2. The van der Waals surface area contributed by atoms with E-state index in [1.54, 1.807) is 0 Å². The molecule has 5 rings (SSSR count). The number of hydrogen-bond acceptors (Lipinski definition) is 6. The van der Waals surface area contributed by atoms with Crippen LogP contribution in [0.5, 0.6) is 0 Å². The molecule has 232 valence electrons. The third-order valence-corrected chi connectivity index (χ3v) is 30.0. The van der Waals surface area contributed by atoms with Gasteiger partial charge < -0.3 is 25.3 Å². The second-order valence-electron chi connectivity index (χ2n) is 13.6. The van der Waals surface area contributed by atoms with Crippen molar-refractivity contribution < 1.29 is 25.3 Å². The fraction of sp³-hybridized carbons (Fsp3) is 0.613. The molecule has 1 aliphatic carbocycles. The Bertz CT molecular complexity index is 1080. The SMILES string of the molecule is CC(C[Si]1(C)O[SiH](C)O[Si](C)(CCC2CCC3OC3C2)O[SiH](C)O[Si](C)(CC(C)c2ccccc2)O1)c1ccccc1. The molecule has 11 heteroatoms. The minimum atomic E-state index is -2.69. The largest absolute Gasteiger partial charge is 0.418 e. The number of ether oxygens (including phenoxy) is 1. The van der Waals surface area contributed by atoms with E-state index in [1.807, 2.05) is 0 Å². The van der Waals surface area contributed by atoms with Crippen molar-refractivity contribution in [2.75, 3.05) is 0 Å². The van der Waals surface area contributed by atoms with Crippen LogP contribution >= 0.6 is 0 Å². The first-order valence-corrected chi connectivity index (χ1v) is 27.9. The van der Waals surface area contributed by atoms with Crippen LogP contribution in [0.1, 0.15) is 62.5 Å². The van der Waals surface area contributed by atoms with Gasteiger partial charge in [-0.05, 0) is 105 Å². The van der Waals surface area contributed by atoms with Crippen LogP contribution in [0.3, 0.4) is 0 Å². The molecule has 0 spiro atoms. The minimum absolute atomic E-state index is 0.325. The van der Waals surface area contributed by atoms with E-state index in [9.17, 15) is 0 Å². The Labute approximate surface area is 260 Å². The van der Waals surface area contributed by atoms with Gasteiger partial charge >= 0.3 is 44.3 Å². The van der Waals surface area contributed by atoms with Gasteiger partial charge in [0, 0.05) is 0 Å². The standard InChI is InChI=1S/C31H52O6Si5/c1-25(28-14-10-8-11-15-28)23-41(6)35-38(3)33-40(5,21-20-27-18-19-30-31(22-27)32-30)34-39(4)36-42(7,37-41)24-26(2)29-16-12-9-13-17-29/h8-17,25-27,30-31,38-39H,18-24H2,1-7H3. The normalized spacial score (nSPS) is 38.7. The molecule has 0 amide bonds. The van der Waals surface area contributed by atoms with Crippen LogP contribution in [-0.2, 0) is 25.3 Å². The van der Waals surface area contributed by atoms with Crippen LogP contribution in [0.4, 0.5) is 0 Å². The summed E-state index contributed by atoms with van der Waals surface area (Å²) in [5, 5.41) is 0. The van der Waals surface area contributed by atoms with E-state index in [2.05, 4.69) is 107 Å². The molecule has 42 heavy (non-hydrogen) atoms. The maximum Gasteiger partial charge on any atom is 0.317 e. The van der Waals surface area contributed by atoms with Crippen LogP contribution in [0, 0.1) is 5.92 Å². The zero-order valence-electron chi connectivity index (χ0n) is 26.7. The average Bonchev–Trinajstić information content (AvgIpc) is 3.70. The van der Waals surface area contributed by atoms with Gasteiger partial charge in [-0.1, -0.05) is 74.5 Å². The minimum Gasteiger partial charge on any atom is -0.418 e. The lowest BCUT2D eigenvalue weighted by Gasteiger charge is -2.45. The van der Waals surface area contributed by atoms with E-state index in [1.165, 1.54) is 30.4 Å². The van der Waals surface area contributed by atoms with Gasteiger partial charge in [-0.3, -0.25) is 0 Å². The quantitative estimate of drug-likeness (QED) is 0.204. The molecule has 2 heterocycles. The summed E-state index contributed by atoms with van der Waals surface area (Å²) in [7, 11) is -12.0. The number of fused-ring (bicyclic) bond motifs is 1. The molecule has 3 fully saturated rings. The third-order valence-electron chi connectivity index (χ3n) is 9.30. The summed E-state index contributed by atoms with van der Waals surface area (Å²) in [5.74, 6) is 1.36. The molecule has 3 aliphatic rings. The highest BCUT2D eigenvalue weighted by atomic mass is 28.5. The summed E-state index contributed by atoms with van der Waals surface area (Å²) in [5.41, 5.74) is 2.65. The average molecular weight is 661 g/mol. The van der Waals surface area contributed by atoms with Crippen LogP contribution in [-0.4, -0.2) is 56.5 Å². The molecular formula is C31H52O6Si5. The molecule has 2 aromatic carbocycles. The van der Waals surface area contributed by atoms with E-state index in [0.717, 1.165) is 24.6 Å². The first kappa shape index (κ1) is 32.7. The predicted molar refractivity (Wildman–Crippen MR) is 181 cm³/mol. The predicted octanol–water partition coefficient (Wildman–Crippen LogP) is 7.56. The van der Waals surface area contributed by atoms with E-state index >= 15 is 0 Å². The molecule has 0 N–H and O–H groups in total. The van der Waals surface area contributed by atoms with Gasteiger partial charge in [0.05, 0.1) is 12.2 Å².